The molecule has 3 aromatic rings. The Morgan fingerprint density at radius 3 is 2.14 bits per heavy atom. The molecule has 0 aliphatic rings. The van der Waals surface area contributed by atoms with Crippen molar-refractivity contribution >= 4 is 33.2 Å². The van der Waals surface area contributed by atoms with Crippen molar-refractivity contribution in [3.8, 4) is 5.75 Å². The van der Waals surface area contributed by atoms with Gasteiger partial charge in [-0.3, -0.25) is 14.9 Å². The number of nitro benzene ring substituents is 1. The van der Waals surface area contributed by atoms with Crippen LogP contribution in [0.2, 0.25) is 0 Å². The Bertz CT molecular complexity index is 971. The first-order valence-corrected chi connectivity index (χ1v) is 9.22. The number of nitro groups is 1. The average molecular weight is 441 g/mol. The fourth-order valence-corrected chi connectivity index (χ4v) is 2.96. The van der Waals surface area contributed by atoms with Gasteiger partial charge in [-0.2, -0.15) is 0 Å². The van der Waals surface area contributed by atoms with Gasteiger partial charge in [-0.05, 0) is 54.1 Å². The lowest BCUT2D eigenvalue weighted by molar-refractivity contribution is -0.384. The summed E-state index contributed by atoms with van der Waals surface area (Å²) in [6, 6.07) is 20.5. The average Bonchev–Trinajstić information content (AvgIpc) is 2.73. The summed E-state index contributed by atoms with van der Waals surface area (Å²) >= 11 is 3.41. The fraction of sp³-hybridized carbons (Fsp3) is 0.0952. The molecule has 0 spiro atoms. The number of ether oxygens (including phenoxy) is 1. The van der Waals surface area contributed by atoms with Gasteiger partial charge < -0.3 is 9.64 Å². The summed E-state index contributed by atoms with van der Waals surface area (Å²) < 4.78 is 6.14. The van der Waals surface area contributed by atoms with Crippen LogP contribution in [0.15, 0.2) is 77.3 Å². The molecule has 0 atom stereocenters. The van der Waals surface area contributed by atoms with E-state index in [0.717, 1.165) is 10.0 Å². The molecule has 1 amide bonds. The molecule has 0 heterocycles. The Hall–Kier alpha value is -3.19. The van der Waals surface area contributed by atoms with Crippen LogP contribution in [-0.2, 0) is 6.54 Å². The lowest BCUT2D eigenvalue weighted by Crippen LogP contribution is -2.30. The van der Waals surface area contributed by atoms with Crippen LogP contribution in [0, 0.1) is 10.1 Å². The molecule has 0 fully saturated rings. The molecular formula is C21H17BrN2O4. The Morgan fingerprint density at radius 2 is 1.61 bits per heavy atom. The lowest BCUT2D eigenvalue weighted by Gasteiger charge is -2.23. The second kappa shape index (κ2) is 8.67. The summed E-state index contributed by atoms with van der Waals surface area (Å²) in [5.41, 5.74) is 1.97. The second-order valence-corrected chi connectivity index (χ2v) is 6.94. The number of amides is 1. The van der Waals surface area contributed by atoms with Crippen molar-refractivity contribution < 1.29 is 14.5 Å². The van der Waals surface area contributed by atoms with Crippen LogP contribution < -0.4 is 9.64 Å². The van der Waals surface area contributed by atoms with Gasteiger partial charge in [0.2, 0.25) is 0 Å². The second-order valence-electron chi connectivity index (χ2n) is 6.02. The van der Waals surface area contributed by atoms with E-state index in [1.165, 1.54) is 24.3 Å². The van der Waals surface area contributed by atoms with Crippen LogP contribution >= 0.6 is 15.9 Å². The van der Waals surface area contributed by atoms with E-state index in [9.17, 15) is 14.9 Å². The molecule has 0 saturated heterocycles. The minimum atomic E-state index is -0.489. The summed E-state index contributed by atoms with van der Waals surface area (Å²) in [7, 11) is 1.58. The van der Waals surface area contributed by atoms with E-state index in [2.05, 4.69) is 15.9 Å². The Labute approximate surface area is 170 Å². The smallest absolute Gasteiger partial charge is 0.269 e. The number of rotatable bonds is 6. The quantitative estimate of drug-likeness (QED) is 0.389. The van der Waals surface area contributed by atoms with E-state index >= 15 is 0 Å². The lowest BCUT2D eigenvalue weighted by atomic mass is 10.1. The normalized spacial score (nSPS) is 10.4. The molecule has 0 aromatic heterocycles. The van der Waals surface area contributed by atoms with Crippen molar-refractivity contribution in [3.63, 3.8) is 0 Å². The molecular weight excluding hydrogens is 424 g/mol. The highest BCUT2D eigenvalue weighted by Crippen LogP contribution is 2.24. The summed E-state index contributed by atoms with van der Waals surface area (Å²) in [5.74, 6) is 0.443. The molecule has 0 radical (unpaired) electrons. The van der Waals surface area contributed by atoms with Gasteiger partial charge in [0.1, 0.15) is 5.75 Å². The number of methoxy groups -OCH3 is 1. The third-order valence-corrected chi connectivity index (χ3v) is 4.74. The van der Waals surface area contributed by atoms with E-state index in [1.807, 2.05) is 24.3 Å². The fourth-order valence-electron chi connectivity index (χ4n) is 2.70. The van der Waals surface area contributed by atoms with Gasteiger partial charge >= 0.3 is 0 Å². The number of non-ortho nitro benzene ring substituents is 1. The maximum Gasteiger partial charge on any atom is 0.269 e. The molecule has 3 aromatic carbocycles. The Balaban J connectivity index is 1.94. The number of halogens is 1. The van der Waals surface area contributed by atoms with E-state index in [0.29, 0.717) is 23.5 Å². The number of hydrogen-bond donors (Lipinski definition) is 0. The molecule has 0 saturated carbocycles. The molecule has 0 aliphatic carbocycles. The van der Waals surface area contributed by atoms with Gasteiger partial charge in [-0.15, -0.1) is 0 Å². The standard InChI is InChI=1S/C21H17BrN2O4/c1-28-20-12-10-18(11-13-20)23(14-15-2-6-17(22)7-3-15)21(25)16-4-8-19(9-5-16)24(26)27/h2-13H,14H2,1H3. The maximum atomic E-state index is 13.2. The Kier molecular flexibility index (Phi) is 6.06. The number of anilines is 1. The van der Waals surface area contributed by atoms with Crippen LogP contribution in [0.3, 0.4) is 0 Å². The van der Waals surface area contributed by atoms with Crippen molar-refractivity contribution in [2.24, 2.45) is 0 Å². The zero-order chi connectivity index (χ0) is 20.1. The highest BCUT2D eigenvalue weighted by Gasteiger charge is 2.19. The van der Waals surface area contributed by atoms with Gasteiger partial charge in [0.25, 0.3) is 11.6 Å². The minimum absolute atomic E-state index is 0.0551. The van der Waals surface area contributed by atoms with Crippen LogP contribution in [0.5, 0.6) is 5.75 Å². The highest BCUT2D eigenvalue weighted by atomic mass is 79.9. The molecule has 28 heavy (non-hydrogen) atoms. The van der Waals surface area contributed by atoms with Crippen molar-refractivity contribution in [1.82, 2.24) is 0 Å². The van der Waals surface area contributed by atoms with Gasteiger partial charge in [0, 0.05) is 27.9 Å². The summed E-state index contributed by atoms with van der Waals surface area (Å²) in [4.78, 5) is 25.2. The van der Waals surface area contributed by atoms with Gasteiger partial charge in [-0.1, -0.05) is 28.1 Å². The van der Waals surface area contributed by atoms with Gasteiger partial charge in [0.15, 0.2) is 0 Å². The van der Waals surface area contributed by atoms with E-state index in [4.69, 9.17) is 4.74 Å². The summed E-state index contributed by atoms with van der Waals surface area (Å²) in [5, 5.41) is 10.9. The monoisotopic (exact) mass is 440 g/mol. The largest absolute Gasteiger partial charge is 0.497 e. The predicted octanol–water partition coefficient (Wildman–Crippen LogP) is 5.21. The number of benzene rings is 3. The number of carbonyl (C=O) groups is 1. The van der Waals surface area contributed by atoms with Crippen LogP contribution in [0.1, 0.15) is 15.9 Å². The van der Waals surface area contributed by atoms with Gasteiger partial charge in [-0.25, -0.2) is 0 Å². The maximum absolute atomic E-state index is 13.2. The summed E-state index contributed by atoms with van der Waals surface area (Å²) in [6.07, 6.45) is 0. The van der Waals surface area contributed by atoms with Crippen LogP contribution in [0.4, 0.5) is 11.4 Å². The molecule has 7 heteroatoms. The van der Waals surface area contributed by atoms with E-state index < -0.39 is 4.92 Å². The van der Waals surface area contributed by atoms with Gasteiger partial charge in [0.05, 0.1) is 18.6 Å². The first kappa shape index (κ1) is 19.6. The first-order valence-electron chi connectivity index (χ1n) is 8.43. The molecule has 3 rings (SSSR count). The van der Waals surface area contributed by atoms with E-state index in [-0.39, 0.29) is 11.6 Å². The van der Waals surface area contributed by atoms with Crippen molar-refractivity contribution in [1.29, 1.82) is 0 Å². The molecule has 0 unspecified atom stereocenters. The number of carbonyl (C=O) groups excluding carboxylic acids is 1. The minimum Gasteiger partial charge on any atom is -0.497 e. The topological polar surface area (TPSA) is 72.7 Å². The number of nitrogens with zero attached hydrogens (tertiary/aromatic N) is 2. The molecule has 6 nitrogen and oxygen atoms in total. The predicted molar refractivity (Wildman–Crippen MR) is 111 cm³/mol. The van der Waals surface area contributed by atoms with E-state index in [1.54, 1.807) is 36.3 Å². The third kappa shape index (κ3) is 4.55. The van der Waals surface area contributed by atoms with Crippen molar-refractivity contribution in [2.75, 3.05) is 12.0 Å². The molecule has 142 valence electrons. The first-order chi connectivity index (χ1) is 13.5. The highest BCUT2D eigenvalue weighted by molar-refractivity contribution is 9.10. The molecule has 0 N–H and O–H groups in total. The molecule has 0 bridgehead atoms. The van der Waals surface area contributed by atoms with Crippen LogP contribution in [0.25, 0.3) is 0 Å². The molecule has 0 aliphatic heterocycles. The Morgan fingerprint density at radius 1 is 1.00 bits per heavy atom. The third-order valence-electron chi connectivity index (χ3n) is 4.21. The zero-order valence-electron chi connectivity index (χ0n) is 15.0. The van der Waals surface area contributed by atoms with Crippen LogP contribution in [-0.4, -0.2) is 17.9 Å². The van der Waals surface area contributed by atoms with Crippen molar-refractivity contribution in [2.45, 2.75) is 6.54 Å². The summed E-state index contributed by atoms with van der Waals surface area (Å²) in [6.45, 7) is 0.357. The van der Waals surface area contributed by atoms with Crippen molar-refractivity contribution in [3.05, 3.63) is 98.5 Å². The number of hydrogen-bond acceptors (Lipinski definition) is 4. The zero-order valence-corrected chi connectivity index (χ0v) is 16.6. The SMILES string of the molecule is COc1ccc(N(Cc2ccc(Br)cc2)C(=O)c2ccc([N+](=O)[O-])cc2)cc1.